The number of nitrogen functional groups attached to an aromatic ring is 1. The van der Waals surface area contributed by atoms with E-state index >= 15 is 0 Å². The number of hydrogen-bond acceptors (Lipinski definition) is 3. The van der Waals surface area contributed by atoms with Crippen molar-refractivity contribution < 1.29 is 17.2 Å². The monoisotopic (exact) mass is 236 g/mol. The van der Waals surface area contributed by atoms with Crippen LogP contribution in [0.25, 0.3) is 0 Å². The normalized spacial score (nSPS) is 11.7. The molecule has 84 valence electrons. The standard InChI is InChI=1S/C8H10F2N2O2S/c1-2-12-15(13,14)7-4-5(11)3-6(9)8(7)10/h3-4,12H,2,11H2,1H3. The molecule has 0 atom stereocenters. The fraction of sp³-hybridized carbons (Fsp3) is 0.250. The second-order valence-electron chi connectivity index (χ2n) is 2.82. The van der Waals surface area contributed by atoms with Crippen LogP contribution >= 0.6 is 0 Å². The summed E-state index contributed by atoms with van der Waals surface area (Å²) in [5.41, 5.74) is 5.07. The highest BCUT2D eigenvalue weighted by Crippen LogP contribution is 2.20. The van der Waals surface area contributed by atoms with Crippen molar-refractivity contribution >= 4 is 15.7 Å². The largest absolute Gasteiger partial charge is 0.399 e. The Kier molecular flexibility index (Phi) is 3.25. The molecule has 0 amide bonds. The van der Waals surface area contributed by atoms with Crippen LogP contribution in [-0.4, -0.2) is 15.0 Å². The minimum atomic E-state index is -4.03. The van der Waals surface area contributed by atoms with E-state index in [1.807, 2.05) is 4.72 Å². The molecule has 0 saturated carbocycles. The summed E-state index contributed by atoms with van der Waals surface area (Å²) < 4.78 is 50.8. The Balaban J connectivity index is 3.38. The summed E-state index contributed by atoms with van der Waals surface area (Å²) in [5.74, 6) is -2.71. The highest BCUT2D eigenvalue weighted by molar-refractivity contribution is 7.89. The Morgan fingerprint density at radius 3 is 2.53 bits per heavy atom. The predicted octanol–water partition coefficient (Wildman–Crippen LogP) is 0.845. The van der Waals surface area contributed by atoms with Gasteiger partial charge in [0, 0.05) is 12.2 Å². The van der Waals surface area contributed by atoms with Gasteiger partial charge < -0.3 is 5.73 Å². The molecule has 1 rings (SSSR count). The third kappa shape index (κ3) is 2.42. The lowest BCUT2D eigenvalue weighted by atomic mass is 10.3. The van der Waals surface area contributed by atoms with Crippen molar-refractivity contribution in [3.63, 3.8) is 0 Å². The molecule has 0 spiro atoms. The van der Waals surface area contributed by atoms with Crippen LogP contribution in [0.4, 0.5) is 14.5 Å². The molecule has 0 bridgehead atoms. The molecule has 1 aromatic carbocycles. The summed E-state index contributed by atoms with van der Waals surface area (Å²) in [5, 5.41) is 0. The maximum absolute atomic E-state index is 13.2. The van der Waals surface area contributed by atoms with Gasteiger partial charge in [-0.1, -0.05) is 6.92 Å². The number of benzene rings is 1. The lowest BCUT2D eigenvalue weighted by Gasteiger charge is -2.07. The van der Waals surface area contributed by atoms with Crippen LogP contribution in [0, 0.1) is 11.6 Å². The van der Waals surface area contributed by atoms with E-state index < -0.39 is 26.6 Å². The zero-order valence-corrected chi connectivity index (χ0v) is 8.74. The maximum atomic E-state index is 13.2. The van der Waals surface area contributed by atoms with Crippen LogP contribution < -0.4 is 10.5 Å². The minimum absolute atomic E-state index is 0.0815. The van der Waals surface area contributed by atoms with Gasteiger partial charge in [-0.15, -0.1) is 0 Å². The molecular weight excluding hydrogens is 226 g/mol. The van der Waals surface area contributed by atoms with Gasteiger partial charge in [-0.3, -0.25) is 0 Å². The molecule has 0 unspecified atom stereocenters. The Hall–Kier alpha value is -1.21. The summed E-state index contributed by atoms with van der Waals surface area (Å²) in [6.07, 6.45) is 0. The van der Waals surface area contributed by atoms with Gasteiger partial charge in [-0.25, -0.2) is 21.9 Å². The number of rotatable bonds is 3. The topological polar surface area (TPSA) is 72.2 Å². The fourth-order valence-electron chi connectivity index (χ4n) is 1.05. The first-order chi connectivity index (χ1) is 6.88. The molecule has 0 heterocycles. The van der Waals surface area contributed by atoms with Crippen LogP contribution in [0.3, 0.4) is 0 Å². The molecule has 4 nitrogen and oxygen atoms in total. The van der Waals surface area contributed by atoms with Crippen LogP contribution in [-0.2, 0) is 10.0 Å². The molecule has 0 aliphatic heterocycles. The summed E-state index contributed by atoms with van der Waals surface area (Å²) >= 11 is 0. The predicted molar refractivity (Wildman–Crippen MR) is 51.6 cm³/mol. The van der Waals surface area contributed by atoms with E-state index in [2.05, 4.69) is 0 Å². The van der Waals surface area contributed by atoms with Gasteiger partial charge in [0.25, 0.3) is 0 Å². The second-order valence-corrected chi connectivity index (χ2v) is 4.55. The molecule has 15 heavy (non-hydrogen) atoms. The van der Waals surface area contributed by atoms with Crippen molar-refractivity contribution in [1.82, 2.24) is 4.72 Å². The molecule has 3 N–H and O–H groups in total. The minimum Gasteiger partial charge on any atom is -0.399 e. The number of nitrogens with one attached hydrogen (secondary N) is 1. The molecule has 0 aromatic heterocycles. The first kappa shape index (κ1) is 11.9. The molecular formula is C8H10F2N2O2S. The van der Waals surface area contributed by atoms with Crippen LogP contribution in [0.1, 0.15) is 6.92 Å². The smallest absolute Gasteiger partial charge is 0.243 e. The van der Waals surface area contributed by atoms with Gasteiger partial charge in [0.2, 0.25) is 10.0 Å². The fourth-order valence-corrected chi connectivity index (χ4v) is 2.21. The van der Waals surface area contributed by atoms with Crippen molar-refractivity contribution in [3.8, 4) is 0 Å². The zero-order chi connectivity index (χ0) is 11.6. The van der Waals surface area contributed by atoms with E-state index in [9.17, 15) is 17.2 Å². The molecule has 7 heteroatoms. The van der Waals surface area contributed by atoms with Crippen molar-refractivity contribution in [2.45, 2.75) is 11.8 Å². The van der Waals surface area contributed by atoms with Crippen LogP contribution in [0.5, 0.6) is 0 Å². The number of hydrogen-bond donors (Lipinski definition) is 2. The zero-order valence-electron chi connectivity index (χ0n) is 7.92. The third-order valence-electron chi connectivity index (χ3n) is 1.64. The van der Waals surface area contributed by atoms with Crippen molar-refractivity contribution in [2.75, 3.05) is 12.3 Å². The van der Waals surface area contributed by atoms with E-state index in [-0.39, 0.29) is 12.2 Å². The van der Waals surface area contributed by atoms with Gasteiger partial charge in [-0.05, 0) is 12.1 Å². The van der Waals surface area contributed by atoms with Crippen molar-refractivity contribution in [1.29, 1.82) is 0 Å². The number of halogens is 2. The summed E-state index contributed by atoms with van der Waals surface area (Å²) in [7, 11) is -4.03. The number of anilines is 1. The first-order valence-corrected chi connectivity index (χ1v) is 5.61. The molecule has 0 aliphatic rings. The second kappa shape index (κ2) is 4.11. The highest BCUT2D eigenvalue weighted by Gasteiger charge is 2.21. The van der Waals surface area contributed by atoms with Crippen molar-refractivity contribution in [2.24, 2.45) is 0 Å². The highest BCUT2D eigenvalue weighted by atomic mass is 32.2. The quantitative estimate of drug-likeness (QED) is 0.764. The molecule has 0 aliphatic carbocycles. The molecule has 0 fully saturated rings. The molecule has 0 saturated heterocycles. The van der Waals surface area contributed by atoms with E-state index in [1.165, 1.54) is 6.92 Å². The summed E-state index contributed by atoms with van der Waals surface area (Å²) in [4.78, 5) is -0.776. The Bertz CT molecular complexity index is 474. The van der Waals surface area contributed by atoms with E-state index in [4.69, 9.17) is 5.73 Å². The van der Waals surface area contributed by atoms with Gasteiger partial charge in [0.1, 0.15) is 4.90 Å². The maximum Gasteiger partial charge on any atom is 0.243 e. The SMILES string of the molecule is CCNS(=O)(=O)c1cc(N)cc(F)c1F. The summed E-state index contributed by atoms with van der Waals surface area (Å²) in [6, 6.07) is 1.59. The van der Waals surface area contributed by atoms with E-state index in [1.54, 1.807) is 0 Å². The summed E-state index contributed by atoms with van der Waals surface area (Å²) in [6.45, 7) is 1.61. The van der Waals surface area contributed by atoms with Crippen LogP contribution in [0.2, 0.25) is 0 Å². The Morgan fingerprint density at radius 1 is 1.40 bits per heavy atom. The van der Waals surface area contributed by atoms with Gasteiger partial charge in [0.05, 0.1) is 0 Å². The molecule has 0 radical (unpaired) electrons. The van der Waals surface area contributed by atoms with E-state index in [0.29, 0.717) is 0 Å². The Labute approximate surface area is 86.1 Å². The van der Waals surface area contributed by atoms with E-state index in [0.717, 1.165) is 12.1 Å². The van der Waals surface area contributed by atoms with Crippen LogP contribution in [0.15, 0.2) is 17.0 Å². The average molecular weight is 236 g/mol. The molecule has 1 aromatic rings. The number of sulfonamides is 1. The Morgan fingerprint density at radius 2 is 2.00 bits per heavy atom. The lowest BCUT2D eigenvalue weighted by Crippen LogP contribution is -2.24. The van der Waals surface area contributed by atoms with Gasteiger partial charge >= 0.3 is 0 Å². The lowest BCUT2D eigenvalue weighted by molar-refractivity contribution is 0.484. The first-order valence-electron chi connectivity index (χ1n) is 4.12. The third-order valence-corrected chi connectivity index (χ3v) is 3.19. The average Bonchev–Trinajstić information content (AvgIpc) is 2.11. The van der Waals surface area contributed by atoms with Crippen molar-refractivity contribution in [3.05, 3.63) is 23.8 Å². The number of nitrogens with two attached hydrogens (primary N) is 1. The van der Waals surface area contributed by atoms with Gasteiger partial charge in [0.15, 0.2) is 11.6 Å². The van der Waals surface area contributed by atoms with Gasteiger partial charge in [-0.2, -0.15) is 0 Å².